The average molecular weight is 407 g/mol. The molecule has 2 aliphatic heterocycles. The number of furan rings is 2. The summed E-state index contributed by atoms with van der Waals surface area (Å²) in [5.41, 5.74) is 1.57. The molecule has 0 N–H and O–H groups in total. The van der Waals surface area contributed by atoms with Crippen LogP contribution in [0.2, 0.25) is 0 Å². The highest BCUT2D eigenvalue weighted by Gasteiger charge is 2.37. The number of para-hydroxylation sites is 1. The second kappa shape index (κ2) is 7.74. The van der Waals surface area contributed by atoms with Gasteiger partial charge >= 0.3 is 0 Å². The van der Waals surface area contributed by atoms with E-state index in [2.05, 4.69) is 10.0 Å². The Balaban J connectivity index is 1.41. The molecule has 0 spiro atoms. The summed E-state index contributed by atoms with van der Waals surface area (Å²) >= 11 is 0. The van der Waals surface area contributed by atoms with Gasteiger partial charge in [-0.2, -0.15) is 5.10 Å². The Labute approximate surface area is 174 Å². The Morgan fingerprint density at radius 2 is 1.93 bits per heavy atom. The molecule has 3 aromatic rings. The minimum atomic E-state index is -0.272. The third kappa shape index (κ3) is 3.66. The van der Waals surface area contributed by atoms with Crippen molar-refractivity contribution in [2.45, 2.75) is 38.5 Å². The van der Waals surface area contributed by atoms with Crippen LogP contribution in [0.25, 0.3) is 11.0 Å². The number of nitrogens with zero attached hydrogens (tertiary/aromatic N) is 3. The lowest BCUT2D eigenvalue weighted by molar-refractivity contribution is -0.138. The highest BCUT2D eigenvalue weighted by atomic mass is 16.5. The highest BCUT2D eigenvalue weighted by Crippen LogP contribution is 2.34. The monoisotopic (exact) mass is 407 g/mol. The van der Waals surface area contributed by atoms with Crippen molar-refractivity contribution in [3.63, 3.8) is 0 Å². The SMILES string of the molecule is CC1CN(CC(=O)N2N=C(c3cc4ccccc4o3)CC2c2ccco2)CC(C)O1. The molecule has 0 radical (unpaired) electrons. The summed E-state index contributed by atoms with van der Waals surface area (Å²) in [6.07, 6.45) is 2.39. The molecule has 30 heavy (non-hydrogen) atoms. The second-order valence-electron chi connectivity index (χ2n) is 8.12. The molecule has 3 atom stereocenters. The van der Waals surface area contributed by atoms with Crippen molar-refractivity contribution in [1.29, 1.82) is 0 Å². The molecule has 5 rings (SSSR count). The largest absolute Gasteiger partial charge is 0.467 e. The van der Waals surface area contributed by atoms with Crippen molar-refractivity contribution in [1.82, 2.24) is 9.91 Å². The number of hydrogen-bond acceptors (Lipinski definition) is 6. The van der Waals surface area contributed by atoms with Crippen LogP contribution in [-0.4, -0.2) is 53.4 Å². The minimum absolute atomic E-state index is 0.0520. The van der Waals surface area contributed by atoms with Crippen LogP contribution in [0.3, 0.4) is 0 Å². The van der Waals surface area contributed by atoms with Crippen LogP contribution in [0.15, 0.2) is 62.7 Å². The Morgan fingerprint density at radius 3 is 2.67 bits per heavy atom. The molecular weight excluding hydrogens is 382 g/mol. The van der Waals surface area contributed by atoms with Gasteiger partial charge in [-0.3, -0.25) is 9.69 Å². The van der Waals surface area contributed by atoms with E-state index in [1.165, 1.54) is 0 Å². The summed E-state index contributed by atoms with van der Waals surface area (Å²) in [7, 11) is 0. The van der Waals surface area contributed by atoms with E-state index in [9.17, 15) is 4.79 Å². The molecule has 1 aromatic carbocycles. The number of ether oxygens (including phenoxy) is 1. The summed E-state index contributed by atoms with van der Waals surface area (Å²) in [6, 6.07) is 13.3. The van der Waals surface area contributed by atoms with Crippen LogP contribution in [0.5, 0.6) is 0 Å². The standard InChI is InChI=1S/C23H25N3O4/c1-15-12-25(13-16(2)29-15)14-23(27)26-19(21-8-5-9-28-21)11-18(24-26)22-10-17-6-3-4-7-20(17)30-22/h3-10,15-16,19H,11-14H2,1-2H3. The lowest BCUT2D eigenvalue weighted by Gasteiger charge is -2.35. The molecule has 3 unspecified atom stereocenters. The minimum Gasteiger partial charge on any atom is -0.467 e. The van der Waals surface area contributed by atoms with Gasteiger partial charge in [0.25, 0.3) is 5.91 Å². The fourth-order valence-electron chi connectivity index (χ4n) is 4.39. The number of carbonyl (C=O) groups excluding carboxylic acids is 1. The molecular formula is C23H25N3O4. The Morgan fingerprint density at radius 1 is 1.13 bits per heavy atom. The third-order valence-corrected chi connectivity index (χ3v) is 5.60. The molecule has 0 saturated carbocycles. The quantitative estimate of drug-likeness (QED) is 0.658. The molecule has 0 bridgehead atoms. The molecule has 2 aromatic heterocycles. The number of fused-ring (bicyclic) bond motifs is 1. The molecule has 156 valence electrons. The number of benzene rings is 1. The van der Waals surface area contributed by atoms with Crippen molar-refractivity contribution < 1.29 is 18.4 Å². The van der Waals surface area contributed by atoms with Gasteiger partial charge < -0.3 is 13.6 Å². The number of hydrazone groups is 1. The van der Waals surface area contributed by atoms with Gasteiger partial charge in [0.15, 0.2) is 5.76 Å². The van der Waals surface area contributed by atoms with Crippen molar-refractivity contribution in [2.24, 2.45) is 5.10 Å². The van der Waals surface area contributed by atoms with Crippen LogP contribution >= 0.6 is 0 Å². The maximum atomic E-state index is 13.2. The van der Waals surface area contributed by atoms with Crippen molar-refractivity contribution in [3.8, 4) is 0 Å². The number of rotatable bonds is 4. The third-order valence-electron chi connectivity index (χ3n) is 5.60. The zero-order valence-corrected chi connectivity index (χ0v) is 17.2. The Kier molecular flexibility index (Phi) is 4.92. The fourth-order valence-corrected chi connectivity index (χ4v) is 4.39. The first-order valence-electron chi connectivity index (χ1n) is 10.4. The highest BCUT2D eigenvalue weighted by molar-refractivity contribution is 6.03. The molecule has 1 saturated heterocycles. The van der Waals surface area contributed by atoms with Gasteiger partial charge in [-0.05, 0) is 38.1 Å². The molecule has 1 amide bonds. The van der Waals surface area contributed by atoms with Crippen LogP contribution in [0, 0.1) is 0 Å². The maximum Gasteiger partial charge on any atom is 0.257 e. The Bertz CT molecular complexity index is 1030. The normalized spacial score (nSPS) is 25.1. The first-order valence-corrected chi connectivity index (χ1v) is 10.4. The number of hydrogen-bond donors (Lipinski definition) is 0. The second-order valence-corrected chi connectivity index (χ2v) is 8.12. The summed E-state index contributed by atoms with van der Waals surface area (Å²) in [6.45, 7) is 5.83. The molecule has 0 aliphatic carbocycles. The summed E-state index contributed by atoms with van der Waals surface area (Å²) in [5, 5.41) is 7.26. The van der Waals surface area contributed by atoms with E-state index >= 15 is 0 Å². The molecule has 1 fully saturated rings. The van der Waals surface area contributed by atoms with Gasteiger partial charge in [-0.15, -0.1) is 0 Å². The van der Waals surface area contributed by atoms with E-state index in [-0.39, 0.29) is 24.2 Å². The first-order chi connectivity index (χ1) is 14.6. The van der Waals surface area contributed by atoms with Crippen LogP contribution < -0.4 is 0 Å². The van der Waals surface area contributed by atoms with Crippen molar-refractivity contribution in [2.75, 3.05) is 19.6 Å². The van der Waals surface area contributed by atoms with E-state index in [1.807, 2.05) is 56.3 Å². The van der Waals surface area contributed by atoms with Crippen LogP contribution in [0.1, 0.15) is 37.8 Å². The number of carbonyl (C=O) groups is 1. The van der Waals surface area contributed by atoms with E-state index in [0.29, 0.717) is 18.7 Å². The summed E-state index contributed by atoms with van der Waals surface area (Å²) < 4.78 is 17.4. The van der Waals surface area contributed by atoms with E-state index < -0.39 is 0 Å². The average Bonchev–Trinajstić information content (AvgIpc) is 3.44. The van der Waals surface area contributed by atoms with E-state index in [0.717, 1.165) is 35.5 Å². The molecule has 7 heteroatoms. The van der Waals surface area contributed by atoms with Crippen LogP contribution in [0.4, 0.5) is 0 Å². The van der Waals surface area contributed by atoms with Gasteiger partial charge in [-0.1, -0.05) is 18.2 Å². The molecule has 4 heterocycles. The maximum absolute atomic E-state index is 13.2. The van der Waals surface area contributed by atoms with E-state index in [4.69, 9.17) is 13.6 Å². The van der Waals surface area contributed by atoms with Gasteiger partial charge in [0.2, 0.25) is 0 Å². The van der Waals surface area contributed by atoms with Gasteiger partial charge in [-0.25, -0.2) is 5.01 Å². The van der Waals surface area contributed by atoms with Gasteiger partial charge in [0, 0.05) is 24.9 Å². The van der Waals surface area contributed by atoms with Gasteiger partial charge in [0.1, 0.15) is 23.1 Å². The Hall–Kier alpha value is -2.90. The molecule has 7 nitrogen and oxygen atoms in total. The predicted octanol–water partition coefficient (Wildman–Crippen LogP) is 3.81. The summed E-state index contributed by atoms with van der Waals surface area (Å²) in [5.74, 6) is 1.36. The fraction of sp³-hybridized carbons (Fsp3) is 0.391. The summed E-state index contributed by atoms with van der Waals surface area (Å²) in [4.78, 5) is 15.4. The van der Waals surface area contributed by atoms with Gasteiger partial charge in [0.05, 0.1) is 25.0 Å². The zero-order chi connectivity index (χ0) is 20.7. The number of amides is 1. The lowest BCUT2D eigenvalue weighted by Crippen LogP contribution is -2.49. The lowest BCUT2D eigenvalue weighted by atomic mass is 10.1. The van der Waals surface area contributed by atoms with Crippen molar-refractivity contribution >= 4 is 22.6 Å². The van der Waals surface area contributed by atoms with E-state index in [1.54, 1.807) is 11.3 Å². The first kappa shape index (κ1) is 19.1. The topological polar surface area (TPSA) is 71.4 Å². The number of morpholine rings is 1. The predicted molar refractivity (Wildman–Crippen MR) is 112 cm³/mol. The molecule has 2 aliphatic rings. The van der Waals surface area contributed by atoms with Crippen molar-refractivity contribution in [3.05, 3.63) is 60.2 Å². The van der Waals surface area contributed by atoms with Crippen LogP contribution in [-0.2, 0) is 9.53 Å². The zero-order valence-electron chi connectivity index (χ0n) is 17.2. The smallest absolute Gasteiger partial charge is 0.257 e.